The second kappa shape index (κ2) is 9.71. The molecule has 2 aromatic heterocycles. The van der Waals surface area contributed by atoms with Gasteiger partial charge in [0.05, 0.1) is 32.5 Å². The van der Waals surface area contributed by atoms with Gasteiger partial charge in [-0.25, -0.2) is 4.68 Å². The molecule has 35 heavy (non-hydrogen) atoms. The van der Waals surface area contributed by atoms with Gasteiger partial charge in [-0.3, -0.25) is 19.6 Å². The zero-order valence-corrected chi connectivity index (χ0v) is 21.2. The minimum absolute atomic E-state index is 0.161. The van der Waals surface area contributed by atoms with Gasteiger partial charge < -0.3 is 10.1 Å². The summed E-state index contributed by atoms with van der Waals surface area (Å²) in [6, 6.07) is 11.4. The van der Waals surface area contributed by atoms with Crippen molar-refractivity contribution in [3.63, 3.8) is 0 Å². The van der Waals surface area contributed by atoms with E-state index in [0.717, 1.165) is 27.0 Å². The molecule has 0 aliphatic carbocycles. The van der Waals surface area contributed by atoms with Crippen LogP contribution in [0.15, 0.2) is 53.1 Å². The fraction of sp³-hybridized carbons (Fsp3) is 0.208. The largest absolute Gasteiger partial charge is 0.457 e. The predicted octanol–water partition coefficient (Wildman–Crippen LogP) is 5.53. The molecule has 2 heterocycles. The van der Waals surface area contributed by atoms with Crippen LogP contribution in [0.1, 0.15) is 33.0 Å². The number of carbonyl (C=O) groups is 1. The Balaban J connectivity index is 1.54. The molecule has 0 unspecified atom stereocenters. The summed E-state index contributed by atoms with van der Waals surface area (Å²) in [6.07, 6.45) is 1.67. The lowest BCUT2D eigenvalue weighted by atomic mass is 10.1. The summed E-state index contributed by atoms with van der Waals surface area (Å²) in [6.45, 7) is 7.97. The third-order valence-electron chi connectivity index (χ3n) is 5.38. The van der Waals surface area contributed by atoms with E-state index in [1.807, 2.05) is 45.9 Å². The van der Waals surface area contributed by atoms with Gasteiger partial charge in [-0.2, -0.15) is 10.2 Å². The van der Waals surface area contributed by atoms with E-state index in [-0.39, 0.29) is 22.8 Å². The lowest BCUT2D eigenvalue weighted by molar-refractivity contribution is -0.384. The Kier molecular flexibility index (Phi) is 6.70. The minimum atomic E-state index is -0.535. The molecule has 0 saturated carbocycles. The maximum absolute atomic E-state index is 12.8. The van der Waals surface area contributed by atoms with E-state index >= 15 is 0 Å². The number of aryl methyl sites for hydroxylation is 3. The third-order valence-corrected chi connectivity index (χ3v) is 6.52. The smallest absolute Gasteiger partial charge is 0.276 e. The number of rotatable bonds is 7. The van der Waals surface area contributed by atoms with Gasteiger partial charge in [0.2, 0.25) is 0 Å². The number of nitro benzene ring substituents is 1. The Bertz CT molecular complexity index is 1440. The highest BCUT2D eigenvalue weighted by Gasteiger charge is 2.17. The molecule has 0 bridgehead atoms. The molecule has 0 atom stereocenters. The van der Waals surface area contributed by atoms with Crippen molar-refractivity contribution >= 4 is 33.2 Å². The molecular formula is C24H23BrN6O4. The number of nitrogens with one attached hydrogen (secondary N) is 1. The van der Waals surface area contributed by atoms with Crippen molar-refractivity contribution in [1.29, 1.82) is 0 Å². The summed E-state index contributed by atoms with van der Waals surface area (Å²) in [5, 5.41) is 22.9. The molecule has 0 radical (unpaired) electrons. The molecular weight excluding hydrogens is 516 g/mol. The number of hydrogen-bond donors (Lipinski definition) is 1. The van der Waals surface area contributed by atoms with Gasteiger partial charge in [0, 0.05) is 18.3 Å². The maximum atomic E-state index is 12.8. The molecule has 0 fully saturated rings. The molecule has 4 rings (SSSR count). The van der Waals surface area contributed by atoms with E-state index in [2.05, 4.69) is 31.4 Å². The Hall–Kier alpha value is -3.99. The van der Waals surface area contributed by atoms with Crippen LogP contribution >= 0.6 is 15.9 Å². The first-order valence-electron chi connectivity index (χ1n) is 10.7. The first-order chi connectivity index (χ1) is 16.6. The monoisotopic (exact) mass is 538 g/mol. The number of carbonyl (C=O) groups excluding carboxylic acids is 1. The average Bonchev–Trinajstić information content (AvgIpc) is 3.37. The van der Waals surface area contributed by atoms with E-state index in [0.29, 0.717) is 12.4 Å². The van der Waals surface area contributed by atoms with Crippen molar-refractivity contribution in [3.8, 4) is 11.5 Å². The highest BCUT2D eigenvalue weighted by atomic mass is 79.9. The van der Waals surface area contributed by atoms with Crippen molar-refractivity contribution in [2.45, 2.75) is 34.4 Å². The fourth-order valence-electron chi connectivity index (χ4n) is 3.47. The van der Waals surface area contributed by atoms with Crippen LogP contribution in [0, 0.1) is 37.8 Å². The Morgan fingerprint density at radius 3 is 2.57 bits per heavy atom. The van der Waals surface area contributed by atoms with Crippen molar-refractivity contribution in [3.05, 3.63) is 91.5 Å². The summed E-state index contributed by atoms with van der Waals surface area (Å²) >= 11 is 3.49. The molecule has 1 amide bonds. The lowest BCUT2D eigenvalue weighted by Gasteiger charge is -2.11. The van der Waals surface area contributed by atoms with Gasteiger partial charge in [0.15, 0.2) is 5.69 Å². The average molecular weight is 539 g/mol. The summed E-state index contributed by atoms with van der Waals surface area (Å²) in [4.78, 5) is 23.8. The van der Waals surface area contributed by atoms with Crippen LogP contribution in [0.3, 0.4) is 0 Å². The first kappa shape index (κ1) is 24.1. The van der Waals surface area contributed by atoms with E-state index in [4.69, 9.17) is 4.74 Å². The molecule has 2 aromatic carbocycles. The van der Waals surface area contributed by atoms with Gasteiger partial charge in [-0.1, -0.05) is 12.1 Å². The second-order valence-electron chi connectivity index (χ2n) is 8.16. The van der Waals surface area contributed by atoms with E-state index in [9.17, 15) is 14.9 Å². The van der Waals surface area contributed by atoms with Crippen molar-refractivity contribution in [2.24, 2.45) is 0 Å². The number of nitrogens with zero attached hydrogens (tertiary/aromatic N) is 5. The summed E-state index contributed by atoms with van der Waals surface area (Å²) in [5.41, 5.74) is 3.86. The number of amides is 1. The molecule has 180 valence electrons. The maximum Gasteiger partial charge on any atom is 0.276 e. The van der Waals surface area contributed by atoms with Crippen molar-refractivity contribution < 1.29 is 14.5 Å². The predicted molar refractivity (Wildman–Crippen MR) is 134 cm³/mol. The number of halogens is 1. The summed E-state index contributed by atoms with van der Waals surface area (Å²) < 4.78 is 10.2. The number of aromatic nitrogens is 4. The Morgan fingerprint density at radius 1 is 1.11 bits per heavy atom. The number of ether oxygens (including phenoxy) is 1. The van der Waals surface area contributed by atoms with Gasteiger partial charge in [-0.15, -0.1) is 0 Å². The number of benzene rings is 2. The standard InChI is InChI=1S/C24H23BrN6O4/c1-14-5-6-15(2)22(9-14)35-20-11-18(10-19(12-20)31(33)34)26-24(32)21-7-8-29(28-21)13-30-17(4)23(25)16(3)27-30/h5-12H,13H2,1-4H3,(H,26,32). The van der Waals surface area contributed by atoms with Crippen LogP contribution in [-0.2, 0) is 6.67 Å². The molecule has 10 nitrogen and oxygen atoms in total. The fourth-order valence-corrected chi connectivity index (χ4v) is 3.75. The molecule has 11 heteroatoms. The molecule has 0 aliphatic heterocycles. The molecule has 1 N–H and O–H groups in total. The van der Waals surface area contributed by atoms with Crippen LogP contribution in [0.5, 0.6) is 11.5 Å². The van der Waals surface area contributed by atoms with E-state index < -0.39 is 10.8 Å². The molecule has 0 spiro atoms. The molecule has 0 saturated heterocycles. The molecule has 0 aliphatic rings. The van der Waals surface area contributed by atoms with Crippen LogP contribution in [-0.4, -0.2) is 30.4 Å². The Morgan fingerprint density at radius 2 is 1.89 bits per heavy atom. The first-order valence-corrected chi connectivity index (χ1v) is 11.5. The highest BCUT2D eigenvalue weighted by Crippen LogP contribution is 2.32. The quantitative estimate of drug-likeness (QED) is 0.244. The topological polar surface area (TPSA) is 117 Å². The highest BCUT2D eigenvalue weighted by molar-refractivity contribution is 9.10. The van der Waals surface area contributed by atoms with Gasteiger partial charge >= 0.3 is 0 Å². The van der Waals surface area contributed by atoms with E-state index in [1.54, 1.807) is 21.6 Å². The number of non-ortho nitro benzene ring substituents is 1. The summed E-state index contributed by atoms with van der Waals surface area (Å²) in [5.74, 6) is 0.317. The van der Waals surface area contributed by atoms with Gasteiger partial charge in [0.25, 0.3) is 11.6 Å². The third kappa shape index (κ3) is 5.40. The molecule has 4 aromatic rings. The second-order valence-corrected chi connectivity index (χ2v) is 8.96. The number of hydrogen-bond acceptors (Lipinski definition) is 6. The lowest BCUT2D eigenvalue weighted by Crippen LogP contribution is -2.16. The van der Waals surface area contributed by atoms with Crippen molar-refractivity contribution in [1.82, 2.24) is 19.6 Å². The summed E-state index contributed by atoms with van der Waals surface area (Å²) in [7, 11) is 0. The Labute approximate surface area is 209 Å². The SMILES string of the molecule is Cc1ccc(C)c(Oc2cc(NC(=O)c3ccn(Cn4nc(C)c(Br)c4C)n3)cc([N+](=O)[O-])c2)c1. The number of nitro groups is 1. The zero-order valence-electron chi connectivity index (χ0n) is 19.6. The zero-order chi connectivity index (χ0) is 25.3. The minimum Gasteiger partial charge on any atom is -0.457 e. The van der Waals surface area contributed by atoms with Crippen LogP contribution < -0.4 is 10.1 Å². The van der Waals surface area contributed by atoms with Crippen LogP contribution in [0.4, 0.5) is 11.4 Å². The van der Waals surface area contributed by atoms with E-state index in [1.165, 1.54) is 18.2 Å². The van der Waals surface area contributed by atoms with Crippen molar-refractivity contribution in [2.75, 3.05) is 5.32 Å². The van der Waals surface area contributed by atoms with Crippen LogP contribution in [0.25, 0.3) is 0 Å². The normalized spacial score (nSPS) is 10.9. The number of anilines is 1. The van der Waals surface area contributed by atoms with Gasteiger partial charge in [0.1, 0.15) is 18.2 Å². The van der Waals surface area contributed by atoms with Gasteiger partial charge in [-0.05, 0) is 66.9 Å². The van der Waals surface area contributed by atoms with Crippen LogP contribution in [0.2, 0.25) is 0 Å².